The molecule has 6 nitrogen and oxygen atoms in total. The topological polar surface area (TPSA) is 87.7 Å². The molecule has 1 aliphatic carbocycles. The Bertz CT molecular complexity index is 571. The molecule has 1 aromatic carbocycles. The lowest BCUT2D eigenvalue weighted by Gasteiger charge is -2.22. The Kier molecular flexibility index (Phi) is 5.49. The van der Waals surface area contributed by atoms with Gasteiger partial charge in [-0.1, -0.05) is 30.9 Å². The fourth-order valence-corrected chi connectivity index (χ4v) is 2.76. The first-order valence-corrected chi connectivity index (χ1v) is 7.57. The molecule has 0 bridgehead atoms. The molecule has 0 heterocycles. The first kappa shape index (κ1) is 16.4. The van der Waals surface area contributed by atoms with Crippen molar-refractivity contribution in [2.24, 2.45) is 0 Å². The van der Waals surface area contributed by atoms with Gasteiger partial charge in [-0.25, -0.2) is 4.79 Å². The van der Waals surface area contributed by atoms with E-state index in [1.54, 1.807) is 0 Å². The molecule has 1 aromatic rings. The van der Waals surface area contributed by atoms with E-state index in [-0.39, 0.29) is 28.1 Å². The largest absolute Gasteiger partial charge is 0.504 e. The quantitative estimate of drug-likeness (QED) is 0.797. The van der Waals surface area contributed by atoms with Crippen molar-refractivity contribution in [3.63, 3.8) is 0 Å². The predicted molar refractivity (Wildman–Crippen MR) is 82.5 cm³/mol. The minimum Gasteiger partial charge on any atom is -0.504 e. The highest BCUT2D eigenvalue weighted by Crippen LogP contribution is 2.32. The van der Waals surface area contributed by atoms with Gasteiger partial charge >= 0.3 is 6.03 Å². The zero-order valence-corrected chi connectivity index (χ0v) is 13.1. The van der Waals surface area contributed by atoms with Crippen LogP contribution in [0.25, 0.3) is 0 Å². The molecule has 0 atom stereocenters. The van der Waals surface area contributed by atoms with Gasteiger partial charge in [0.2, 0.25) is 0 Å². The molecule has 2 rings (SSSR count). The van der Waals surface area contributed by atoms with Gasteiger partial charge in [0.1, 0.15) is 0 Å². The van der Waals surface area contributed by atoms with Crippen LogP contribution in [0, 0.1) is 0 Å². The van der Waals surface area contributed by atoms with Gasteiger partial charge in [0.15, 0.2) is 11.5 Å². The van der Waals surface area contributed by atoms with Gasteiger partial charge in [-0.05, 0) is 18.9 Å². The average molecular weight is 327 g/mol. The number of phenolic OH excluding ortho intramolecular Hbond substituents is 1. The Balaban J connectivity index is 1.99. The fourth-order valence-electron chi connectivity index (χ4n) is 2.52. The van der Waals surface area contributed by atoms with E-state index in [9.17, 15) is 14.7 Å². The number of phenols is 1. The normalized spacial score (nSPS) is 15.2. The van der Waals surface area contributed by atoms with Crippen LogP contribution in [0.1, 0.15) is 42.5 Å². The van der Waals surface area contributed by atoms with E-state index < -0.39 is 11.9 Å². The van der Waals surface area contributed by atoms with Crippen molar-refractivity contribution in [3.8, 4) is 11.5 Å². The molecule has 0 aliphatic heterocycles. The second kappa shape index (κ2) is 7.35. The first-order valence-electron chi connectivity index (χ1n) is 7.19. The second-order valence-corrected chi connectivity index (χ2v) is 5.67. The van der Waals surface area contributed by atoms with Crippen LogP contribution in [0.15, 0.2) is 12.1 Å². The summed E-state index contributed by atoms with van der Waals surface area (Å²) in [6.07, 6.45) is 5.19. The third kappa shape index (κ3) is 4.04. The molecule has 3 amide bonds. The Morgan fingerprint density at radius 3 is 2.59 bits per heavy atom. The summed E-state index contributed by atoms with van der Waals surface area (Å²) in [5.41, 5.74) is 0.0127. The van der Waals surface area contributed by atoms with Gasteiger partial charge in [-0.15, -0.1) is 0 Å². The van der Waals surface area contributed by atoms with E-state index >= 15 is 0 Å². The van der Waals surface area contributed by atoms with Crippen molar-refractivity contribution in [1.82, 2.24) is 10.6 Å². The first-order chi connectivity index (χ1) is 10.5. The Hall–Kier alpha value is -1.95. The number of nitrogens with one attached hydrogen (secondary N) is 2. The zero-order chi connectivity index (χ0) is 16.1. The number of imide groups is 1. The minimum atomic E-state index is -0.670. The van der Waals surface area contributed by atoms with E-state index in [2.05, 4.69) is 10.6 Å². The van der Waals surface area contributed by atoms with Crippen LogP contribution in [0.4, 0.5) is 4.79 Å². The third-order valence-electron chi connectivity index (χ3n) is 3.68. The number of methoxy groups -OCH3 is 1. The molecule has 0 spiro atoms. The number of rotatable bonds is 3. The predicted octanol–water partition coefficient (Wildman–Crippen LogP) is 2.83. The van der Waals surface area contributed by atoms with Crippen LogP contribution in [-0.2, 0) is 0 Å². The maximum Gasteiger partial charge on any atom is 0.321 e. The highest BCUT2D eigenvalue weighted by Gasteiger charge is 2.20. The molecule has 0 saturated heterocycles. The fraction of sp³-hybridized carbons (Fsp3) is 0.467. The number of benzene rings is 1. The summed E-state index contributed by atoms with van der Waals surface area (Å²) in [6.45, 7) is 0. The molecule has 3 N–H and O–H groups in total. The summed E-state index contributed by atoms with van der Waals surface area (Å²) in [6, 6.07) is 2.04. The van der Waals surface area contributed by atoms with Crippen LogP contribution in [0.5, 0.6) is 11.5 Å². The third-order valence-corrected chi connectivity index (χ3v) is 3.99. The lowest BCUT2D eigenvalue weighted by atomic mass is 9.96. The molecular formula is C15H19ClN2O4. The number of halogens is 1. The lowest BCUT2D eigenvalue weighted by Crippen LogP contribution is -2.45. The van der Waals surface area contributed by atoms with Crippen LogP contribution < -0.4 is 15.4 Å². The van der Waals surface area contributed by atoms with Gasteiger partial charge in [0.25, 0.3) is 5.91 Å². The van der Waals surface area contributed by atoms with Gasteiger partial charge < -0.3 is 15.2 Å². The van der Waals surface area contributed by atoms with E-state index in [0.717, 1.165) is 25.7 Å². The number of ether oxygens (including phenoxy) is 1. The molecule has 0 radical (unpaired) electrons. The maximum atomic E-state index is 12.1. The average Bonchev–Trinajstić information content (AvgIpc) is 2.49. The maximum absolute atomic E-state index is 12.1. The van der Waals surface area contributed by atoms with Crippen molar-refractivity contribution in [1.29, 1.82) is 0 Å². The summed E-state index contributed by atoms with van der Waals surface area (Å²) in [5.74, 6) is -0.728. The minimum absolute atomic E-state index is 0.0127. The van der Waals surface area contributed by atoms with E-state index in [4.69, 9.17) is 16.3 Å². The molecular weight excluding hydrogens is 308 g/mol. The standard InChI is InChI=1S/C15H19ClN2O4/c1-22-13-8-11(16)10(7-12(13)19)14(20)18-15(21)17-9-5-3-2-4-6-9/h7-9,19H,2-6H2,1H3,(H2,17,18,20,21). The van der Waals surface area contributed by atoms with Crippen molar-refractivity contribution >= 4 is 23.5 Å². The van der Waals surface area contributed by atoms with Gasteiger partial charge in [0.05, 0.1) is 17.7 Å². The summed E-state index contributed by atoms with van der Waals surface area (Å²) < 4.78 is 4.90. The number of carbonyl (C=O) groups excluding carboxylic acids is 2. The number of amides is 3. The molecule has 1 aliphatic rings. The van der Waals surface area contributed by atoms with Crippen LogP contribution in [0.2, 0.25) is 5.02 Å². The molecule has 1 fully saturated rings. The number of hydrogen-bond acceptors (Lipinski definition) is 4. The van der Waals surface area contributed by atoms with Gasteiger partial charge in [0, 0.05) is 12.1 Å². The van der Waals surface area contributed by atoms with Gasteiger partial charge in [-0.3, -0.25) is 10.1 Å². The Labute approximate surface area is 133 Å². The monoisotopic (exact) mass is 326 g/mol. The number of carbonyl (C=O) groups is 2. The summed E-state index contributed by atoms with van der Waals surface area (Å²) in [7, 11) is 1.38. The van der Waals surface area contributed by atoms with Crippen LogP contribution >= 0.6 is 11.6 Å². The Morgan fingerprint density at radius 1 is 1.27 bits per heavy atom. The number of aromatic hydroxyl groups is 1. The van der Waals surface area contributed by atoms with Crippen molar-refractivity contribution in [2.45, 2.75) is 38.1 Å². The zero-order valence-electron chi connectivity index (χ0n) is 12.3. The smallest absolute Gasteiger partial charge is 0.321 e. The van der Waals surface area contributed by atoms with Crippen molar-refractivity contribution in [3.05, 3.63) is 22.7 Å². The lowest BCUT2D eigenvalue weighted by molar-refractivity contribution is 0.0962. The molecule has 22 heavy (non-hydrogen) atoms. The molecule has 0 aromatic heterocycles. The van der Waals surface area contributed by atoms with Crippen LogP contribution in [-0.4, -0.2) is 30.2 Å². The van der Waals surface area contributed by atoms with Crippen LogP contribution in [0.3, 0.4) is 0 Å². The van der Waals surface area contributed by atoms with E-state index in [1.807, 2.05) is 0 Å². The highest BCUT2D eigenvalue weighted by molar-refractivity contribution is 6.34. The van der Waals surface area contributed by atoms with E-state index in [0.29, 0.717) is 0 Å². The van der Waals surface area contributed by atoms with Crippen molar-refractivity contribution in [2.75, 3.05) is 7.11 Å². The highest BCUT2D eigenvalue weighted by atomic mass is 35.5. The second-order valence-electron chi connectivity index (χ2n) is 5.27. The summed E-state index contributed by atoms with van der Waals surface area (Å²) in [5, 5.41) is 14.8. The van der Waals surface area contributed by atoms with Crippen molar-refractivity contribution < 1.29 is 19.4 Å². The summed E-state index contributed by atoms with van der Waals surface area (Å²) >= 11 is 5.97. The number of urea groups is 1. The van der Waals surface area contributed by atoms with E-state index in [1.165, 1.54) is 25.7 Å². The molecule has 0 unspecified atom stereocenters. The molecule has 120 valence electrons. The van der Waals surface area contributed by atoms with Gasteiger partial charge in [-0.2, -0.15) is 0 Å². The number of hydrogen-bond donors (Lipinski definition) is 3. The summed E-state index contributed by atoms with van der Waals surface area (Å²) in [4.78, 5) is 23.9. The molecule has 7 heteroatoms. The SMILES string of the molecule is COc1cc(Cl)c(C(=O)NC(=O)NC2CCCCC2)cc1O. The Morgan fingerprint density at radius 2 is 1.95 bits per heavy atom. The molecule has 1 saturated carbocycles.